The normalized spacial score (nSPS) is 21.4. The van der Waals surface area contributed by atoms with E-state index in [0.717, 1.165) is 18.7 Å². The molecule has 1 unspecified atom stereocenters. The number of hydrogen-bond acceptors (Lipinski definition) is 4. The van der Waals surface area contributed by atoms with Crippen LogP contribution in [0.15, 0.2) is 29.2 Å². The van der Waals surface area contributed by atoms with Crippen LogP contribution in [0.1, 0.15) is 6.42 Å². The first kappa shape index (κ1) is 11.4. The molecule has 6 heteroatoms. The van der Waals surface area contributed by atoms with Gasteiger partial charge in [0.25, 0.3) is 0 Å². The quantitative estimate of drug-likeness (QED) is 0.759. The van der Waals surface area contributed by atoms with E-state index in [1.807, 2.05) is 4.90 Å². The maximum absolute atomic E-state index is 11.0. The van der Waals surface area contributed by atoms with Crippen molar-refractivity contribution in [2.45, 2.75) is 17.4 Å². The van der Waals surface area contributed by atoms with Crippen LogP contribution in [0.2, 0.25) is 0 Å². The lowest BCUT2D eigenvalue weighted by molar-refractivity contribution is 0.198. The van der Waals surface area contributed by atoms with Gasteiger partial charge >= 0.3 is 0 Å². The number of nitrogens with two attached hydrogens (primary N) is 1. The standard InChI is InChI=1S/C10H14N2O3S/c11-16(14,15)10-3-1-8(2-4-10)12-6-5-9(13)7-12/h1-4,9,13H,5-7H2,(H2,11,14,15). The van der Waals surface area contributed by atoms with Crippen LogP contribution in [-0.4, -0.2) is 32.7 Å². The summed E-state index contributed by atoms with van der Waals surface area (Å²) in [5.41, 5.74) is 0.906. The van der Waals surface area contributed by atoms with E-state index in [2.05, 4.69) is 0 Å². The second-order valence-corrected chi connectivity index (χ2v) is 5.49. The van der Waals surface area contributed by atoms with Crippen LogP contribution in [0.5, 0.6) is 0 Å². The molecule has 2 rings (SSSR count). The molecule has 1 heterocycles. The molecule has 88 valence electrons. The largest absolute Gasteiger partial charge is 0.391 e. The minimum absolute atomic E-state index is 0.107. The lowest BCUT2D eigenvalue weighted by Crippen LogP contribution is -2.21. The summed E-state index contributed by atoms with van der Waals surface area (Å²) in [6.45, 7) is 1.38. The second-order valence-electron chi connectivity index (χ2n) is 3.93. The van der Waals surface area contributed by atoms with Crippen LogP contribution < -0.4 is 10.0 Å². The molecule has 1 aliphatic heterocycles. The summed E-state index contributed by atoms with van der Waals surface area (Å²) in [5, 5.41) is 14.4. The minimum atomic E-state index is -3.62. The van der Waals surface area contributed by atoms with E-state index < -0.39 is 10.0 Å². The average molecular weight is 242 g/mol. The average Bonchev–Trinajstić information content (AvgIpc) is 2.64. The summed E-state index contributed by atoms with van der Waals surface area (Å²) in [6, 6.07) is 6.38. The van der Waals surface area contributed by atoms with Crippen LogP contribution in [0.4, 0.5) is 5.69 Å². The molecule has 1 aromatic rings. The third-order valence-electron chi connectivity index (χ3n) is 2.69. The van der Waals surface area contributed by atoms with Crippen LogP contribution in [-0.2, 0) is 10.0 Å². The van der Waals surface area contributed by atoms with Crippen LogP contribution in [0.3, 0.4) is 0 Å². The van der Waals surface area contributed by atoms with Gasteiger partial charge in [-0.1, -0.05) is 0 Å². The van der Waals surface area contributed by atoms with Gasteiger partial charge in [0.05, 0.1) is 11.0 Å². The van der Waals surface area contributed by atoms with Gasteiger partial charge in [0.1, 0.15) is 0 Å². The molecule has 5 nitrogen and oxygen atoms in total. The third kappa shape index (κ3) is 2.34. The SMILES string of the molecule is NS(=O)(=O)c1ccc(N2CCC(O)C2)cc1. The van der Waals surface area contributed by atoms with Crippen molar-refractivity contribution in [2.24, 2.45) is 5.14 Å². The van der Waals surface area contributed by atoms with Gasteiger partial charge in [0, 0.05) is 18.8 Å². The van der Waals surface area contributed by atoms with Crippen LogP contribution in [0, 0.1) is 0 Å². The Kier molecular flexibility index (Phi) is 2.88. The van der Waals surface area contributed by atoms with E-state index in [1.165, 1.54) is 12.1 Å². The van der Waals surface area contributed by atoms with Crippen molar-refractivity contribution in [1.82, 2.24) is 0 Å². The highest BCUT2D eigenvalue weighted by atomic mass is 32.2. The Morgan fingerprint density at radius 2 is 1.94 bits per heavy atom. The fourth-order valence-corrected chi connectivity index (χ4v) is 2.34. The highest BCUT2D eigenvalue weighted by Crippen LogP contribution is 2.21. The first-order chi connectivity index (χ1) is 7.47. The van der Waals surface area contributed by atoms with E-state index >= 15 is 0 Å². The van der Waals surface area contributed by atoms with Gasteiger partial charge < -0.3 is 10.0 Å². The number of primary sulfonamides is 1. The number of anilines is 1. The van der Waals surface area contributed by atoms with Crippen molar-refractivity contribution >= 4 is 15.7 Å². The molecule has 0 saturated carbocycles. The summed E-state index contributed by atoms with van der Waals surface area (Å²) in [4.78, 5) is 2.12. The highest BCUT2D eigenvalue weighted by Gasteiger charge is 2.20. The first-order valence-electron chi connectivity index (χ1n) is 5.03. The molecular weight excluding hydrogens is 228 g/mol. The fourth-order valence-electron chi connectivity index (χ4n) is 1.82. The number of hydrogen-bond donors (Lipinski definition) is 2. The molecule has 1 aromatic carbocycles. The van der Waals surface area contributed by atoms with Crippen LogP contribution in [0.25, 0.3) is 0 Å². The Balaban J connectivity index is 2.20. The molecule has 0 bridgehead atoms. The van der Waals surface area contributed by atoms with E-state index in [-0.39, 0.29) is 11.0 Å². The highest BCUT2D eigenvalue weighted by molar-refractivity contribution is 7.89. The zero-order valence-electron chi connectivity index (χ0n) is 8.70. The van der Waals surface area contributed by atoms with Crippen molar-refractivity contribution in [2.75, 3.05) is 18.0 Å². The third-order valence-corrected chi connectivity index (χ3v) is 3.62. The van der Waals surface area contributed by atoms with Crippen molar-refractivity contribution in [3.8, 4) is 0 Å². The van der Waals surface area contributed by atoms with Gasteiger partial charge in [0.15, 0.2) is 0 Å². The summed E-state index contributed by atoms with van der Waals surface area (Å²) in [7, 11) is -3.62. The van der Waals surface area contributed by atoms with Crippen LogP contribution >= 0.6 is 0 Å². The second kappa shape index (κ2) is 4.04. The maximum atomic E-state index is 11.0. The fraction of sp³-hybridized carbons (Fsp3) is 0.400. The van der Waals surface area contributed by atoms with Gasteiger partial charge in [-0.25, -0.2) is 13.6 Å². The molecule has 1 atom stereocenters. The van der Waals surface area contributed by atoms with E-state index in [0.29, 0.717) is 6.54 Å². The number of benzene rings is 1. The molecule has 1 fully saturated rings. The molecule has 3 N–H and O–H groups in total. The smallest absolute Gasteiger partial charge is 0.238 e. The van der Waals surface area contributed by atoms with E-state index in [1.54, 1.807) is 12.1 Å². The Labute approximate surface area is 94.5 Å². The molecule has 16 heavy (non-hydrogen) atoms. The molecule has 0 amide bonds. The lowest BCUT2D eigenvalue weighted by atomic mass is 10.3. The minimum Gasteiger partial charge on any atom is -0.391 e. The predicted octanol–water partition coefficient (Wildman–Crippen LogP) is -0.0950. The Morgan fingerprint density at radius 1 is 1.31 bits per heavy atom. The molecular formula is C10H14N2O3S. The zero-order chi connectivity index (χ0) is 11.8. The maximum Gasteiger partial charge on any atom is 0.238 e. The molecule has 0 radical (unpaired) electrons. The molecule has 0 aromatic heterocycles. The molecule has 1 aliphatic rings. The zero-order valence-corrected chi connectivity index (χ0v) is 9.52. The molecule has 0 spiro atoms. The first-order valence-corrected chi connectivity index (χ1v) is 6.57. The van der Waals surface area contributed by atoms with Crippen molar-refractivity contribution in [3.05, 3.63) is 24.3 Å². The summed E-state index contributed by atoms with van der Waals surface area (Å²) in [6.07, 6.45) is 0.453. The van der Waals surface area contributed by atoms with Gasteiger partial charge in [-0.3, -0.25) is 0 Å². The number of aliphatic hydroxyl groups excluding tert-OH is 1. The van der Waals surface area contributed by atoms with E-state index in [9.17, 15) is 13.5 Å². The van der Waals surface area contributed by atoms with Gasteiger partial charge in [0.2, 0.25) is 10.0 Å². The van der Waals surface area contributed by atoms with Gasteiger partial charge in [-0.15, -0.1) is 0 Å². The van der Waals surface area contributed by atoms with Crippen molar-refractivity contribution in [3.63, 3.8) is 0 Å². The van der Waals surface area contributed by atoms with Crippen molar-refractivity contribution in [1.29, 1.82) is 0 Å². The number of aliphatic hydroxyl groups is 1. The Hall–Kier alpha value is -1.11. The Bertz CT molecular complexity index is 469. The predicted molar refractivity (Wildman–Crippen MR) is 60.7 cm³/mol. The van der Waals surface area contributed by atoms with Gasteiger partial charge in [-0.05, 0) is 30.7 Å². The van der Waals surface area contributed by atoms with E-state index in [4.69, 9.17) is 5.14 Å². The monoisotopic (exact) mass is 242 g/mol. The topological polar surface area (TPSA) is 83.6 Å². The number of rotatable bonds is 2. The number of β-amino-alcohol motifs (C(OH)–C–C–N with tert-alkyl or cyclic N) is 1. The Morgan fingerprint density at radius 3 is 2.38 bits per heavy atom. The molecule has 1 saturated heterocycles. The summed E-state index contributed by atoms with van der Waals surface area (Å²) < 4.78 is 22.1. The number of nitrogens with zero attached hydrogens (tertiary/aromatic N) is 1. The number of sulfonamides is 1. The van der Waals surface area contributed by atoms with Gasteiger partial charge in [-0.2, -0.15) is 0 Å². The summed E-state index contributed by atoms with van der Waals surface area (Å²) >= 11 is 0. The lowest BCUT2D eigenvalue weighted by Gasteiger charge is -2.17. The van der Waals surface area contributed by atoms with Crippen molar-refractivity contribution < 1.29 is 13.5 Å². The summed E-state index contributed by atoms with van der Waals surface area (Å²) in [5.74, 6) is 0. The molecule has 0 aliphatic carbocycles.